The highest BCUT2D eigenvalue weighted by Gasteiger charge is 2.28. The molecule has 1 fully saturated rings. The van der Waals surface area contributed by atoms with E-state index in [1.165, 1.54) is 11.3 Å². The van der Waals surface area contributed by atoms with Gasteiger partial charge >= 0.3 is 0 Å². The number of nitrogens with one attached hydrogen (secondary N) is 2. The summed E-state index contributed by atoms with van der Waals surface area (Å²) in [6.45, 7) is 7.66. The summed E-state index contributed by atoms with van der Waals surface area (Å²) in [5, 5.41) is 6.77. The minimum Gasteiger partial charge on any atom is -0.357 e. The maximum Gasteiger partial charge on any atom is 0.267 e. The normalized spacial score (nSPS) is 14.6. The number of piperidine rings is 1. The van der Waals surface area contributed by atoms with Crippen LogP contribution in [-0.4, -0.2) is 34.8 Å². The number of rotatable bonds is 5. The summed E-state index contributed by atoms with van der Waals surface area (Å²) in [4.78, 5) is 32.4. The molecule has 0 saturated carbocycles. The predicted molar refractivity (Wildman–Crippen MR) is 114 cm³/mol. The summed E-state index contributed by atoms with van der Waals surface area (Å²) >= 11 is 1.30. The Morgan fingerprint density at radius 2 is 1.79 bits per heavy atom. The van der Waals surface area contributed by atoms with Crippen molar-refractivity contribution in [2.75, 3.05) is 23.7 Å². The smallest absolute Gasteiger partial charge is 0.267 e. The van der Waals surface area contributed by atoms with E-state index in [1.54, 1.807) is 0 Å². The van der Waals surface area contributed by atoms with Crippen LogP contribution < -0.4 is 10.6 Å². The van der Waals surface area contributed by atoms with Crippen molar-refractivity contribution in [2.45, 2.75) is 46.6 Å². The lowest BCUT2D eigenvalue weighted by atomic mass is 9.96. The molecule has 1 aromatic carbocycles. The Hall–Kier alpha value is -2.41. The first-order chi connectivity index (χ1) is 13.3. The van der Waals surface area contributed by atoms with E-state index in [9.17, 15) is 9.59 Å². The highest BCUT2D eigenvalue weighted by Crippen LogP contribution is 2.31. The topological polar surface area (TPSA) is 74.3 Å². The van der Waals surface area contributed by atoms with Crippen LogP contribution in [0.25, 0.3) is 0 Å². The zero-order valence-electron chi connectivity index (χ0n) is 16.7. The van der Waals surface area contributed by atoms with Crippen LogP contribution in [0.15, 0.2) is 30.3 Å². The third-order valence-corrected chi connectivity index (χ3v) is 5.67. The third kappa shape index (κ3) is 5.10. The lowest BCUT2D eigenvalue weighted by molar-refractivity contribution is -0.123. The monoisotopic (exact) mass is 400 g/mol. The standard InChI is InChI=1S/C21H28N4O2S/c1-21(2,3)19(27)23-17-16(18(26)25-12-8-5-9-13-25)28-20(24-17)22-14-15-10-6-4-7-11-15/h4,6-7,10-11H,5,8-9,12-14H2,1-3H3,(H,22,24)(H,23,27). The van der Waals surface area contributed by atoms with Gasteiger partial charge in [-0.2, -0.15) is 0 Å². The zero-order chi connectivity index (χ0) is 20.1. The van der Waals surface area contributed by atoms with E-state index in [0.717, 1.165) is 37.9 Å². The summed E-state index contributed by atoms with van der Waals surface area (Å²) in [6.07, 6.45) is 3.20. The van der Waals surface area contributed by atoms with Crippen molar-refractivity contribution >= 4 is 34.1 Å². The highest BCUT2D eigenvalue weighted by atomic mass is 32.1. The molecule has 0 aliphatic carbocycles. The van der Waals surface area contributed by atoms with Gasteiger partial charge in [-0.05, 0) is 24.8 Å². The fraction of sp³-hybridized carbons (Fsp3) is 0.476. The summed E-state index contributed by atoms with van der Waals surface area (Å²) in [7, 11) is 0. The Labute approximate surface area is 170 Å². The van der Waals surface area contributed by atoms with Crippen LogP contribution in [0.5, 0.6) is 0 Å². The Kier molecular flexibility index (Phi) is 6.34. The number of thiazole rings is 1. The third-order valence-electron chi connectivity index (χ3n) is 4.66. The van der Waals surface area contributed by atoms with Crippen LogP contribution in [0.3, 0.4) is 0 Å². The molecule has 2 N–H and O–H groups in total. The second-order valence-electron chi connectivity index (χ2n) is 8.09. The number of nitrogens with zero attached hydrogens (tertiary/aromatic N) is 2. The van der Waals surface area contributed by atoms with Crippen molar-refractivity contribution in [2.24, 2.45) is 5.41 Å². The summed E-state index contributed by atoms with van der Waals surface area (Å²) in [5.74, 6) is 0.158. The number of hydrogen-bond acceptors (Lipinski definition) is 5. The van der Waals surface area contributed by atoms with Crippen LogP contribution >= 0.6 is 11.3 Å². The molecule has 2 amide bonds. The van der Waals surface area contributed by atoms with E-state index in [-0.39, 0.29) is 11.8 Å². The van der Waals surface area contributed by atoms with Crippen molar-refractivity contribution in [3.05, 3.63) is 40.8 Å². The molecule has 6 nitrogen and oxygen atoms in total. The minimum atomic E-state index is -0.563. The Bertz CT molecular complexity index is 821. The van der Waals surface area contributed by atoms with Gasteiger partial charge < -0.3 is 15.5 Å². The molecule has 1 aliphatic heterocycles. The van der Waals surface area contributed by atoms with Gasteiger partial charge in [0.15, 0.2) is 10.9 Å². The van der Waals surface area contributed by atoms with Crippen LogP contribution in [0.2, 0.25) is 0 Å². The molecule has 0 unspecified atom stereocenters. The molecule has 1 aliphatic rings. The fourth-order valence-electron chi connectivity index (χ4n) is 2.93. The van der Waals surface area contributed by atoms with Gasteiger partial charge in [0, 0.05) is 25.0 Å². The van der Waals surface area contributed by atoms with Crippen molar-refractivity contribution in [1.82, 2.24) is 9.88 Å². The van der Waals surface area contributed by atoms with Gasteiger partial charge in [-0.25, -0.2) is 4.98 Å². The molecule has 0 atom stereocenters. The molecule has 2 heterocycles. The van der Waals surface area contributed by atoms with Gasteiger partial charge in [-0.3, -0.25) is 9.59 Å². The number of anilines is 2. The Morgan fingerprint density at radius 3 is 2.43 bits per heavy atom. The molecule has 1 saturated heterocycles. The van der Waals surface area contributed by atoms with Gasteiger partial charge in [-0.15, -0.1) is 0 Å². The van der Waals surface area contributed by atoms with Crippen LogP contribution in [0.4, 0.5) is 10.9 Å². The van der Waals surface area contributed by atoms with Crippen molar-refractivity contribution in [1.29, 1.82) is 0 Å². The first kappa shape index (κ1) is 20.3. The molecule has 2 aromatic rings. The number of aromatic nitrogens is 1. The molecule has 150 valence electrons. The summed E-state index contributed by atoms with van der Waals surface area (Å²) < 4.78 is 0. The number of carbonyl (C=O) groups is 2. The van der Waals surface area contributed by atoms with Crippen LogP contribution in [-0.2, 0) is 11.3 Å². The Balaban J connectivity index is 1.81. The number of benzene rings is 1. The minimum absolute atomic E-state index is 0.0471. The molecule has 1 aromatic heterocycles. The first-order valence-corrected chi connectivity index (χ1v) is 10.6. The number of hydrogen-bond donors (Lipinski definition) is 2. The quantitative estimate of drug-likeness (QED) is 0.782. The van der Waals surface area contributed by atoms with E-state index in [2.05, 4.69) is 15.6 Å². The fourth-order valence-corrected chi connectivity index (χ4v) is 3.82. The molecule has 28 heavy (non-hydrogen) atoms. The predicted octanol–water partition coefficient (Wildman–Crippen LogP) is 4.37. The molecular weight excluding hydrogens is 372 g/mol. The van der Waals surface area contributed by atoms with E-state index in [1.807, 2.05) is 56.0 Å². The lowest BCUT2D eigenvalue weighted by Crippen LogP contribution is -2.36. The van der Waals surface area contributed by atoms with Crippen LogP contribution in [0, 0.1) is 5.41 Å². The zero-order valence-corrected chi connectivity index (χ0v) is 17.6. The number of amides is 2. The maximum absolute atomic E-state index is 13.1. The molecule has 3 rings (SSSR count). The van der Waals surface area contributed by atoms with Crippen molar-refractivity contribution < 1.29 is 9.59 Å². The second-order valence-corrected chi connectivity index (χ2v) is 9.09. The summed E-state index contributed by atoms with van der Waals surface area (Å²) in [5.41, 5.74) is 0.564. The van der Waals surface area contributed by atoms with E-state index in [0.29, 0.717) is 22.4 Å². The van der Waals surface area contributed by atoms with E-state index in [4.69, 9.17) is 0 Å². The van der Waals surface area contributed by atoms with Gasteiger partial charge in [0.1, 0.15) is 4.88 Å². The van der Waals surface area contributed by atoms with Crippen molar-refractivity contribution in [3.8, 4) is 0 Å². The summed E-state index contributed by atoms with van der Waals surface area (Å²) in [6, 6.07) is 10.0. The lowest BCUT2D eigenvalue weighted by Gasteiger charge is -2.26. The SMILES string of the molecule is CC(C)(C)C(=O)Nc1nc(NCc2ccccc2)sc1C(=O)N1CCCCC1. The van der Waals surface area contributed by atoms with Gasteiger partial charge in [0.05, 0.1) is 0 Å². The van der Waals surface area contributed by atoms with Gasteiger partial charge in [0.2, 0.25) is 5.91 Å². The van der Waals surface area contributed by atoms with Crippen LogP contribution in [0.1, 0.15) is 55.3 Å². The maximum atomic E-state index is 13.1. The molecule has 0 spiro atoms. The van der Waals surface area contributed by atoms with E-state index < -0.39 is 5.41 Å². The Morgan fingerprint density at radius 1 is 1.11 bits per heavy atom. The largest absolute Gasteiger partial charge is 0.357 e. The highest BCUT2D eigenvalue weighted by molar-refractivity contribution is 7.18. The molecule has 0 bridgehead atoms. The number of carbonyl (C=O) groups excluding carboxylic acids is 2. The molecule has 7 heteroatoms. The van der Waals surface area contributed by atoms with Gasteiger partial charge in [0.25, 0.3) is 5.91 Å². The average Bonchev–Trinajstić information content (AvgIpc) is 3.09. The average molecular weight is 401 g/mol. The first-order valence-electron chi connectivity index (χ1n) is 9.74. The van der Waals surface area contributed by atoms with Crippen molar-refractivity contribution in [3.63, 3.8) is 0 Å². The van der Waals surface area contributed by atoms with Gasteiger partial charge in [-0.1, -0.05) is 62.4 Å². The molecule has 0 radical (unpaired) electrons. The molecular formula is C21H28N4O2S. The number of likely N-dealkylation sites (tertiary alicyclic amines) is 1. The second kappa shape index (κ2) is 8.73. The van der Waals surface area contributed by atoms with E-state index >= 15 is 0 Å².